The zero-order valence-electron chi connectivity index (χ0n) is 29.1. The Kier molecular flexibility index (Phi) is 7.79. The number of phenolic OH excluding ortho intramolecular Hbond substituents is 1. The molecule has 0 unspecified atom stereocenters. The smallest absolute Gasteiger partial charge is 0.319 e. The number of aryl methyl sites for hydroxylation is 2. The highest BCUT2D eigenvalue weighted by molar-refractivity contribution is 6.02. The molecule has 2 aromatic carbocycles. The number of aromatic hydroxyl groups is 1. The molecule has 4 aliphatic heterocycles. The molecule has 0 saturated carbocycles. The van der Waals surface area contributed by atoms with Crippen molar-refractivity contribution in [3.63, 3.8) is 0 Å². The van der Waals surface area contributed by atoms with E-state index in [1.165, 1.54) is 24.4 Å². The van der Waals surface area contributed by atoms with Gasteiger partial charge in [-0.3, -0.25) is 19.4 Å². The molecule has 2 fully saturated rings. The molecular formula is C38H39F3N8O3. The van der Waals surface area contributed by atoms with E-state index in [9.17, 15) is 14.3 Å². The number of benzene rings is 2. The highest BCUT2D eigenvalue weighted by Gasteiger charge is 2.49. The summed E-state index contributed by atoms with van der Waals surface area (Å²) >= 11 is 0. The Morgan fingerprint density at radius 3 is 2.79 bits per heavy atom. The lowest BCUT2D eigenvalue weighted by molar-refractivity contribution is 0.0774. The first kappa shape index (κ1) is 32.9. The number of carbonyl (C=O) groups excluding carboxylic acids is 1. The minimum Gasteiger partial charge on any atom is -0.508 e. The molecule has 1 amide bonds. The van der Waals surface area contributed by atoms with Gasteiger partial charge in [0.15, 0.2) is 11.5 Å². The highest BCUT2D eigenvalue weighted by Crippen LogP contribution is 2.42. The number of phenols is 1. The van der Waals surface area contributed by atoms with Gasteiger partial charge in [0.2, 0.25) is 0 Å². The van der Waals surface area contributed by atoms with E-state index in [4.69, 9.17) is 14.8 Å². The number of pyridine rings is 1. The first-order valence-electron chi connectivity index (χ1n) is 18.1. The largest absolute Gasteiger partial charge is 0.508 e. The maximum absolute atomic E-state index is 17.1. The number of hydrogen-bond donors (Lipinski definition) is 1. The van der Waals surface area contributed by atoms with Crippen LogP contribution in [0.4, 0.5) is 19.0 Å². The molecule has 14 heteroatoms. The molecule has 4 aliphatic rings. The number of nitrogens with zero attached hydrogens (tertiary/aromatic N) is 8. The van der Waals surface area contributed by atoms with Crippen molar-refractivity contribution in [2.75, 3.05) is 44.7 Å². The van der Waals surface area contributed by atoms with Crippen LogP contribution in [0.3, 0.4) is 0 Å². The lowest BCUT2D eigenvalue weighted by Gasteiger charge is -2.31. The lowest BCUT2D eigenvalue weighted by atomic mass is 9.94. The molecule has 3 aromatic heterocycles. The molecule has 2 atom stereocenters. The van der Waals surface area contributed by atoms with Crippen molar-refractivity contribution in [1.29, 1.82) is 0 Å². The number of likely N-dealkylation sites (N-methyl/N-ethyl adjacent to an activating group) is 1. The molecule has 0 bridgehead atoms. The monoisotopic (exact) mass is 712 g/mol. The Morgan fingerprint density at radius 2 is 1.94 bits per heavy atom. The van der Waals surface area contributed by atoms with Crippen LogP contribution in [0.15, 0.2) is 30.5 Å². The minimum atomic E-state index is -0.947. The number of amides is 1. The van der Waals surface area contributed by atoms with Gasteiger partial charge in [-0.05, 0) is 73.2 Å². The second kappa shape index (κ2) is 12.3. The number of aromatic nitrogens is 5. The van der Waals surface area contributed by atoms with Crippen LogP contribution in [-0.4, -0.2) is 97.1 Å². The topological polar surface area (TPSA) is 113 Å². The predicted molar refractivity (Wildman–Crippen MR) is 188 cm³/mol. The van der Waals surface area contributed by atoms with Crippen molar-refractivity contribution in [2.24, 2.45) is 0 Å². The number of rotatable bonds is 6. The predicted octanol–water partition coefficient (Wildman–Crippen LogP) is 5.58. The molecule has 1 N–H and O–H groups in total. The summed E-state index contributed by atoms with van der Waals surface area (Å²) in [6.07, 6.45) is 4.35. The average Bonchev–Trinajstić information content (AvgIpc) is 3.72. The van der Waals surface area contributed by atoms with Crippen LogP contribution in [0, 0.1) is 11.6 Å². The summed E-state index contributed by atoms with van der Waals surface area (Å²) in [7, 11) is 1.77. The Hall–Kier alpha value is -4.98. The molecule has 9 rings (SSSR count). The fourth-order valence-corrected chi connectivity index (χ4v) is 8.94. The van der Waals surface area contributed by atoms with Gasteiger partial charge in [0.25, 0.3) is 5.91 Å². The summed E-state index contributed by atoms with van der Waals surface area (Å²) in [6.45, 7) is 5.24. The van der Waals surface area contributed by atoms with Gasteiger partial charge in [0.1, 0.15) is 41.4 Å². The number of carbonyl (C=O) groups is 1. The van der Waals surface area contributed by atoms with E-state index in [0.29, 0.717) is 91.6 Å². The van der Waals surface area contributed by atoms with E-state index < -0.39 is 23.3 Å². The van der Waals surface area contributed by atoms with Gasteiger partial charge < -0.3 is 19.6 Å². The van der Waals surface area contributed by atoms with Crippen LogP contribution >= 0.6 is 0 Å². The Bertz CT molecular complexity index is 2280. The fourth-order valence-electron chi connectivity index (χ4n) is 8.94. The molecule has 0 spiro atoms. The molecule has 270 valence electrons. The summed E-state index contributed by atoms with van der Waals surface area (Å²) in [6, 6.07) is 5.78. The number of anilines is 1. The summed E-state index contributed by atoms with van der Waals surface area (Å²) in [5.74, 6) is -0.995. The van der Waals surface area contributed by atoms with Crippen LogP contribution in [0.2, 0.25) is 0 Å². The minimum absolute atomic E-state index is 0.0388. The van der Waals surface area contributed by atoms with Crippen LogP contribution in [-0.2, 0) is 25.9 Å². The Labute approximate surface area is 298 Å². The highest BCUT2D eigenvalue weighted by atomic mass is 19.1. The van der Waals surface area contributed by atoms with Crippen LogP contribution in [0.25, 0.3) is 32.9 Å². The molecule has 0 radical (unpaired) electrons. The van der Waals surface area contributed by atoms with Crippen LogP contribution in [0.5, 0.6) is 11.8 Å². The molecule has 11 nitrogen and oxygen atoms in total. The maximum Gasteiger partial charge on any atom is 0.319 e. The maximum atomic E-state index is 17.1. The first-order chi connectivity index (χ1) is 25.1. The average molecular weight is 713 g/mol. The molecule has 0 aliphatic carbocycles. The van der Waals surface area contributed by atoms with Gasteiger partial charge in [-0.2, -0.15) is 15.1 Å². The van der Waals surface area contributed by atoms with Gasteiger partial charge in [-0.25, -0.2) is 13.2 Å². The zero-order chi connectivity index (χ0) is 35.9. The van der Waals surface area contributed by atoms with E-state index >= 15 is 8.78 Å². The summed E-state index contributed by atoms with van der Waals surface area (Å²) in [4.78, 5) is 32.9. The van der Waals surface area contributed by atoms with Crippen molar-refractivity contribution in [2.45, 2.75) is 70.2 Å². The van der Waals surface area contributed by atoms with Crippen molar-refractivity contribution >= 4 is 33.4 Å². The standard InChI is InChI=1S/C38H39F3N8O3/c1-3-24-28(40)7-6-21-14-23(50)15-26(30(21)24)32-31(41)33-27(17-42-32)35(44-37(43-33)52-20-38-9-4-11-48(38)18-22(39)16-38)47-10-5-12-49-29(19-47)25-8-13-46(2)36(51)34(25)45-49/h6-7,14-15,17,22,50H,3-5,8-13,16,18-20H2,1-2H3/t22-,38+/m1/s1. The lowest BCUT2D eigenvalue weighted by Crippen LogP contribution is -2.43. The van der Waals surface area contributed by atoms with Crippen molar-refractivity contribution in [3.05, 3.63) is 64.6 Å². The molecule has 7 heterocycles. The number of ether oxygens (including phenoxy) is 1. The quantitative estimate of drug-likeness (QED) is 0.241. The van der Waals surface area contributed by atoms with Gasteiger partial charge in [0.05, 0.1) is 23.2 Å². The van der Waals surface area contributed by atoms with Crippen LogP contribution in [0.1, 0.15) is 59.9 Å². The molecule has 52 heavy (non-hydrogen) atoms. The molecular weight excluding hydrogens is 673 g/mol. The van der Waals surface area contributed by atoms with Crippen molar-refractivity contribution in [1.82, 2.24) is 34.5 Å². The van der Waals surface area contributed by atoms with Gasteiger partial charge in [-0.1, -0.05) is 13.0 Å². The zero-order valence-corrected chi connectivity index (χ0v) is 29.1. The third-order valence-corrected chi connectivity index (χ3v) is 11.5. The molecule has 5 aromatic rings. The van der Waals surface area contributed by atoms with Gasteiger partial charge >= 0.3 is 6.01 Å². The third kappa shape index (κ3) is 5.16. The second-order valence-electron chi connectivity index (χ2n) is 14.6. The summed E-state index contributed by atoms with van der Waals surface area (Å²) in [5.41, 5.74) is 2.31. The third-order valence-electron chi connectivity index (χ3n) is 11.5. The Balaban J connectivity index is 1.19. The Morgan fingerprint density at radius 1 is 1.08 bits per heavy atom. The summed E-state index contributed by atoms with van der Waals surface area (Å²) in [5, 5.41) is 16.7. The first-order valence-corrected chi connectivity index (χ1v) is 18.1. The van der Waals surface area contributed by atoms with E-state index in [2.05, 4.69) is 14.9 Å². The van der Waals surface area contributed by atoms with E-state index in [1.807, 2.05) is 16.5 Å². The van der Waals surface area contributed by atoms with E-state index in [-0.39, 0.29) is 41.0 Å². The van der Waals surface area contributed by atoms with Crippen molar-refractivity contribution < 1.29 is 27.8 Å². The fraction of sp³-hybridized carbons (Fsp3) is 0.447. The molecule has 2 saturated heterocycles. The van der Waals surface area contributed by atoms with Crippen molar-refractivity contribution in [3.8, 4) is 23.0 Å². The van der Waals surface area contributed by atoms with E-state index in [1.54, 1.807) is 18.0 Å². The van der Waals surface area contributed by atoms with Crippen LogP contribution < -0.4 is 9.64 Å². The number of fused-ring (bicyclic) bond motifs is 6. The number of halogens is 3. The normalized spacial score (nSPS) is 21.9. The number of hydrogen-bond acceptors (Lipinski definition) is 9. The SMILES string of the molecule is CCc1c(F)ccc2cc(O)cc(-c3ncc4c(N5CCCn6nc7c(c6C5)CCN(C)C7=O)nc(OC[C@@]56CCCN5C[C@H](F)C6)nc4c3F)c12. The van der Waals surface area contributed by atoms with Gasteiger partial charge in [0, 0.05) is 57.0 Å². The van der Waals surface area contributed by atoms with Gasteiger partial charge in [-0.15, -0.1) is 0 Å². The second-order valence-corrected chi connectivity index (χ2v) is 14.6. The summed E-state index contributed by atoms with van der Waals surface area (Å²) < 4.78 is 55.1. The number of alkyl halides is 1. The van der Waals surface area contributed by atoms with E-state index in [0.717, 1.165) is 30.6 Å².